The van der Waals surface area contributed by atoms with E-state index >= 15 is 0 Å². The molecule has 0 spiro atoms. The van der Waals surface area contributed by atoms with Gasteiger partial charge in [-0.3, -0.25) is 4.79 Å². The number of amides is 1. The van der Waals surface area contributed by atoms with E-state index in [2.05, 4.69) is 42.0 Å². The van der Waals surface area contributed by atoms with Crippen LogP contribution in [0.2, 0.25) is 0 Å². The highest BCUT2D eigenvalue weighted by Gasteiger charge is 2.79. The molecule has 1 N–H and O–H groups in total. The number of fused-ring (bicyclic) bond motifs is 1. The largest absolute Gasteiger partial charge is 0.351 e. The number of hydrogen-bond donors (Lipinski definition) is 1. The number of rotatable bonds is 3. The van der Waals surface area contributed by atoms with E-state index in [4.69, 9.17) is 0 Å². The van der Waals surface area contributed by atoms with Gasteiger partial charge in [0.1, 0.15) is 0 Å². The second-order valence-electron chi connectivity index (χ2n) is 7.04. The van der Waals surface area contributed by atoms with Crippen LogP contribution in [0.5, 0.6) is 0 Å². The number of alkyl halides is 1. The van der Waals surface area contributed by atoms with E-state index in [-0.39, 0.29) is 22.2 Å². The van der Waals surface area contributed by atoms with Crippen LogP contribution in [0.3, 0.4) is 0 Å². The molecular formula is C17H22BrNO. The van der Waals surface area contributed by atoms with Crippen LogP contribution in [-0.2, 0) is 11.3 Å². The van der Waals surface area contributed by atoms with Gasteiger partial charge in [0.15, 0.2) is 0 Å². The first-order valence-corrected chi connectivity index (χ1v) is 8.24. The summed E-state index contributed by atoms with van der Waals surface area (Å²) in [7, 11) is 0. The Bertz CT molecular complexity index is 541. The Hall–Kier alpha value is -0.830. The molecule has 1 amide bonds. The molecule has 0 aromatic heterocycles. The Balaban J connectivity index is 1.75. The summed E-state index contributed by atoms with van der Waals surface area (Å²) in [4.78, 5) is 13.1. The van der Waals surface area contributed by atoms with Crippen molar-refractivity contribution in [3.05, 3.63) is 35.9 Å². The molecule has 20 heavy (non-hydrogen) atoms. The minimum atomic E-state index is -0.240. The van der Waals surface area contributed by atoms with E-state index < -0.39 is 0 Å². The van der Waals surface area contributed by atoms with Crippen LogP contribution < -0.4 is 5.32 Å². The van der Waals surface area contributed by atoms with Crippen LogP contribution in [0.4, 0.5) is 0 Å². The van der Waals surface area contributed by atoms with E-state index in [9.17, 15) is 4.79 Å². The van der Waals surface area contributed by atoms with Gasteiger partial charge in [-0.2, -0.15) is 0 Å². The molecule has 3 atom stereocenters. The van der Waals surface area contributed by atoms with Gasteiger partial charge in [-0.1, -0.05) is 67.0 Å². The molecule has 3 unspecified atom stereocenters. The monoisotopic (exact) mass is 335 g/mol. The zero-order chi connectivity index (χ0) is 14.6. The van der Waals surface area contributed by atoms with Gasteiger partial charge in [0, 0.05) is 11.4 Å². The maximum absolute atomic E-state index is 12.8. The number of carbonyl (C=O) groups excluding carboxylic acids is 1. The SMILES string of the molecule is CC12CCC(C(=O)NCc3ccccc3)(C1Br)C2(C)C. The van der Waals surface area contributed by atoms with Gasteiger partial charge >= 0.3 is 0 Å². The molecule has 0 heterocycles. The molecule has 2 nitrogen and oxygen atoms in total. The highest BCUT2D eigenvalue weighted by molar-refractivity contribution is 9.09. The summed E-state index contributed by atoms with van der Waals surface area (Å²) < 4.78 is 0. The van der Waals surface area contributed by atoms with Crippen molar-refractivity contribution >= 4 is 21.8 Å². The molecule has 3 aliphatic rings. The highest BCUT2D eigenvalue weighted by Crippen LogP contribution is 2.79. The van der Waals surface area contributed by atoms with Crippen LogP contribution in [0.15, 0.2) is 30.3 Å². The maximum atomic E-state index is 12.8. The van der Waals surface area contributed by atoms with Gasteiger partial charge in [0.05, 0.1) is 5.41 Å². The smallest absolute Gasteiger partial charge is 0.228 e. The van der Waals surface area contributed by atoms with Crippen LogP contribution in [0, 0.1) is 16.2 Å². The van der Waals surface area contributed by atoms with E-state index in [1.54, 1.807) is 0 Å². The second-order valence-corrected chi connectivity index (χ2v) is 7.96. The predicted molar refractivity (Wildman–Crippen MR) is 84.6 cm³/mol. The van der Waals surface area contributed by atoms with E-state index in [0.29, 0.717) is 11.4 Å². The maximum Gasteiger partial charge on any atom is 0.228 e. The summed E-state index contributed by atoms with van der Waals surface area (Å²) in [6.45, 7) is 7.43. The number of nitrogens with one attached hydrogen (secondary N) is 1. The first kappa shape index (κ1) is 14.1. The predicted octanol–water partition coefficient (Wildman–Crippen LogP) is 3.89. The van der Waals surface area contributed by atoms with Gasteiger partial charge < -0.3 is 5.32 Å². The lowest BCUT2D eigenvalue weighted by Gasteiger charge is -2.64. The summed E-state index contributed by atoms with van der Waals surface area (Å²) in [6.07, 6.45) is 2.13. The molecule has 2 bridgehead atoms. The van der Waals surface area contributed by atoms with Gasteiger partial charge in [-0.25, -0.2) is 0 Å². The Morgan fingerprint density at radius 3 is 2.40 bits per heavy atom. The molecule has 4 rings (SSSR count). The molecule has 3 heteroatoms. The van der Waals surface area contributed by atoms with Crippen LogP contribution in [-0.4, -0.2) is 10.7 Å². The standard InChI is InChI=1S/C17H22BrNO/c1-15(2)16(3)9-10-17(15,13(16)18)14(20)19-11-12-7-5-4-6-8-12/h4-8,13H,9-11H2,1-3H3,(H,19,20). The minimum Gasteiger partial charge on any atom is -0.351 e. The summed E-state index contributed by atoms with van der Waals surface area (Å²) in [5.41, 5.74) is 1.23. The van der Waals surface area contributed by atoms with Gasteiger partial charge in [-0.15, -0.1) is 0 Å². The first-order valence-electron chi connectivity index (χ1n) is 7.32. The van der Waals surface area contributed by atoms with Crippen molar-refractivity contribution in [1.29, 1.82) is 0 Å². The second kappa shape index (κ2) is 4.33. The third-order valence-electron chi connectivity index (χ3n) is 6.27. The fourth-order valence-corrected chi connectivity index (χ4v) is 6.20. The molecule has 3 fully saturated rings. The third-order valence-corrected chi connectivity index (χ3v) is 8.07. The topological polar surface area (TPSA) is 29.1 Å². The fourth-order valence-electron chi connectivity index (χ4n) is 4.39. The van der Waals surface area contributed by atoms with Crippen molar-refractivity contribution in [1.82, 2.24) is 5.32 Å². The first-order chi connectivity index (χ1) is 9.36. The lowest BCUT2D eigenvalue weighted by Crippen LogP contribution is -2.69. The molecule has 3 aliphatic carbocycles. The number of carbonyl (C=O) groups is 1. The lowest BCUT2D eigenvalue weighted by atomic mass is 9.43. The van der Waals surface area contributed by atoms with Gasteiger partial charge in [-0.05, 0) is 29.2 Å². The molecule has 0 radical (unpaired) electrons. The van der Waals surface area contributed by atoms with Crippen molar-refractivity contribution in [3.63, 3.8) is 0 Å². The Kier molecular flexibility index (Phi) is 3.06. The minimum absolute atomic E-state index is 0.0644. The van der Waals surface area contributed by atoms with E-state index in [1.807, 2.05) is 30.3 Å². The molecule has 108 valence electrons. The Morgan fingerprint density at radius 2 is 1.90 bits per heavy atom. The summed E-state index contributed by atoms with van der Waals surface area (Å²) in [6, 6.07) is 10.1. The van der Waals surface area contributed by atoms with Gasteiger partial charge in [0.2, 0.25) is 5.91 Å². The van der Waals surface area contributed by atoms with Crippen LogP contribution >= 0.6 is 15.9 Å². The number of benzene rings is 1. The summed E-state index contributed by atoms with van der Waals surface area (Å²) in [5.74, 6) is 0.211. The number of halogens is 1. The van der Waals surface area contributed by atoms with E-state index in [0.717, 1.165) is 18.4 Å². The summed E-state index contributed by atoms with van der Waals surface area (Å²) in [5, 5.41) is 3.15. The summed E-state index contributed by atoms with van der Waals surface area (Å²) >= 11 is 3.81. The molecule has 1 aromatic carbocycles. The quantitative estimate of drug-likeness (QED) is 0.834. The molecule has 3 saturated carbocycles. The van der Waals surface area contributed by atoms with Crippen LogP contribution in [0.1, 0.15) is 39.2 Å². The normalized spacial score (nSPS) is 37.3. The number of hydrogen-bond acceptors (Lipinski definition) is 1. The zero-order valence-corrected chi connectivity index (χ0v) is 14.0. The molecule has 0 saturated heterocycles. The van der Waals surface area contributed by atoms with Crippen molar-refractivity contribution < 1.29 is 4.79 Å². The average molecular weight is 336 g/mol. The average Bonchev–Trinajstić information content (AvgIpc) is 2.85. The van der Waals surface area contributed by atoms with Crippen LogP contribution in [0.25, 0.3) is 0 Å². The van der Waals surface area contributed by atoms with Crippen molar-refractivity contribution in [2.24, 2.45) is 16.2 Å². The zero-order valence-electron chi connectivity index (χ0n) is 12.4. The fraction of sp³-hybridized carbons (Fsp3) is 0.588. The molecule has 0 aliphatic heterocycles. The Morgan fingerprint density at radius 1 is 1.25 bits per heavy atom. The lowest BCUT2D eigenvalue weighted by molar-refractivity contribution is -0.161. The van der Waals surface area contributed by atoms with Crippen molar-refractivity contribution in [2.45, 2.75) is 45.0 Å². The van der Waals surface area contributed by atoms with Crippen molar-refractivity contribution in [2.75, 3.05) is 0 Å². The van der Waals surface area contributed by atoms with E-state index in [1.165, 1.54) is 0 Å². The Labute approximate surface area is 129 Å². The highest BCUT2D eigenvalue weighted by atomic mass is 79.9. The molecular weight excluding hydrogens is 314 g/mol. The third kappa shape index (κ3) is 1.47. The van der Waals surface area contributed by atoms with Gasteiger partial charge in [0.25, 0.3) is 0 Å². The van der Waals surface area contributed by atoms with Crippen molar-refractivity contribution in [3.8, 4) is 0 Å². The molecule has 1 aromatic rings.